The molecule has 0 atom stereocenters. The molecule has 0 unspecified atom stereocenters. The molecule has 0 fully saturated rings. The third kappa shape index (κ3) is 1.93. The maximum atomic E-state index is 13.4. The molecule has 2 N–H and O–H groups in total. The van der Waals surface area contributed by atoms with Gasteiger partial charge in [-0.15, -0.1) is 0 Å². The van der Waals surface area contributed by atoms with Crippen molar-refractivity contribution in [1.82, 2.24) is 10.2 Å². The van der Waals surface area contributed by atoms with E-state index in [9.17, 15) is 9.18 Å². The fourth-order valence-corrected chi connectivity index (χ4v) is 2.45. The summed E-state index contributed by atoms with van der Waals surface area (Å²) >= 11 is 0. The number of aromatic amines is 2. The Morgan fingerprint density at radius 3 is 2.95 bits per heavy atom. The van der Waals surface area contributed by atoms with Gasteiger partial charge in [-0.05, 0) is 36.4 Å². The predicted octanol–water partition coefficient (Wildman–Crippen LogP) is 3.36. The minimum atomic E-state index is -0.343. The highest BCUT2D eigenvalue weighted by Gasteiger charge is 2.17. The fourth-order valence-electron chi connectivity index (χ4n) is 2.45. The molecule has 0 saturated heterocycles. The third-order valence-electron chi connectivity index (χ3n) is 3.49. The van der Waals surface area contributed by atoms with Gasteiger partial charge in [0.1, 0.15) is 11.5 Å². The summed E-state index contributed by atoms with van der Waals surface area (Å²) in [6.07, 6.45) is 4.81. The normalized spacial score (nSPS) is 14.7. The van der Waals surface area contributed by atoms with Gasteiger partial charge in [0.05, 0.1) is 17.5 Å². The van der Waals surface area contributed by atoms with E-state index in [1.165, 1.54) is 18.4 Å². The summed E-state index contributed by atoms with van der Waals surface area (Å²) in [7, 11) is 0. The minimum absolute atomic E-state index is 0.280. The Labute approximate surface area is 123 Å². The summed E-state index contributed by atoms with van der Waals surface area (Å²) in [6, 6.07) is 7.85. The van der Waals surface area contributed by atoms with E-state index in [1.54, 1.807) is 30.5 Å². The number of furan rings is 1. The number of benzene rings is 1. The summed E-state index contributed by atoms with van der Waals surface area (Å²) in [5, 5.41) is 5.32. The Kier molecular flexibility index (Phi) is 2.69. The average Bonchev–Trinajstić information content (AvgIpc) is 3.22. The van der Waals surface area contributed by atoms with Crippen LogP contribution in [0.15, 0.2) is 50.8 Å². The van der Waals surface area contributed by atoms with Crippen molar-refractivity contribution < 1.29 is 8.81 Å². The van der Waals surface area contributed by atoms with Crippen LogP contribution in [-0.2, 0) is 0 Å². The van der Waals surface area contributed by atoms with Crippen molar-refractivity contribution in [3.05, 3.63) is 63.9 Å². The molecule has 1 aromatic carbocycles. The van der Waals surface area contributed by atoms with Crippen LogP contribution < -0.4 is 5.56 Å². The van der Waals surface area contributed by atoms with Crippen LogP contribution >= 0.6 is 0 Å². The molecule has 0 saturated carbocycles. The van der Waals surface area contributed by atoms with Gasteiger partial charge in [-0.25, -0.2) is 4.39 Å². The molecule has 0 spiro atoms. The maximum Gasteiger partial charge on any atom is 0.271 e. The number of H-pyrrole nitrogens is 2. The van der Waals surface area contributed by atoms with Gasteiger partial charge >= 0.3 is 0 Å². The van der Waals surface area contributed by atoms with Gasteiger partial charge in [-0.1, -0.05) is 0 Å². The Morgan fingerprint density at radius 2 is 2.14 bits per heavy atom. The zero-order valence-electron chi connectivity index (χ0n) is 11.3. The molecular formula is C16H10FN3O2. The second kappa shape index (κ2) is 4.70. The van der Waals surface area contributed by atoms with E-state index in [4.69, 9.17) is 4.42 Å². The number of aromatic nitrogens is 2. The molecule has 2 aromatic heterocycles. The summed E-state index contributed by atoms with van der Waals surface area (Å²) in [5.41, 5.74) is 2.68. The van der Waals surface area contributed by atoms with Crippen LogP contribution in [0.25, 0.3) is 23.1 Å². The first-order valence-electron chi connectivity index (χ1n) is 6.62. The molecule has 0 amide bonds. The number of halogens is 1. The van der Waals surface area contributed by atoms with Gasteiger partial charge < -0.3 is 4.42 Å². The second-order valence-corrected chi connectivity index (χ2v) is 4.86. The highest BCUT2D eigenvalue weighted by atomic mass is 19.1. The molecule has 4 rings (SSSR count). The quantitative estimate of drug-likeness (QED) is 0.760. The topological polar surface area (TPSA) is 74.2 Å². The lowest BCUT2D eigenvalue weighted by Crippen LogP contribution is -2.02. The van der Waals surface area contributed by atoms with Crippen LogP contribution in [0.4, 0.5) is 10.1 Å². The molecule has 22 heavy (non-hydrogen) atoms. The van der Waals surface area contributed by atoms with E-state index in [2.05, 4.69) is 15.2 Å². The Hall–Kier alpha value is -3.15. The molecule has 0 bridgehead atoms. The number of aliphatic imine (C=N–C) groups is 1. The van der Waals surface area contributed by atoms with E-state index in [-0.39, 0.29) is 11.4 Å². The number of nitrogens with zero attached hydrogens (tertiary/aromatic N) is 1. The van der Waals surface area contributed by atoms with Crippen LogP contribution in [0.5, 0.6) is 0 Å². The van der Waals surface area contributed by atoms with Gasteiger partial charge in [0.2, 0.25) is 0 Å². The van der Waals surface area contributed by atoms with Crippen LogP contribution in [0, 0.1) is 5.82 Å². The molecule has 3 aromatic rings. The van der Waals surface area contributed by atoms with E-state index in [0.29, 0.717) is 33.8 Å². The van der Waals surface area contributed by atoms with Crippen molar-refractivity contribution in [2.45, 2.75) is 0 Å². The smallest absolute Gasteiger partial charge is 0.271 e. The number of rotatable bonds is 2. The van der Waals surface area contributed by atoms with Gasteiger partial charge in [0.15, 0.2) is 5.76 Å². The number of nitrogens with one attached hydrogen (secondary N) is 2. The Morgan fingerprint density at radius 1 is 1.23 bits per heavy atom. The lowest BCUT2D eigenvalue weighted by molar-refractivity contribution is 0.579. The lowest BCUT2D eigenvalue weighted by atomic mass is 10.0. The number of hydrogen-bond donors (Lipinski definition) is 2. The van der Waals surface area contributed by atoms with E-state index in [0.717, 1.165) is 0 Å². The maximum absolute atomic E-state index is 13.4. The standard InChI is InChI=1S/C16H10FN3O2/c17-10-3-4-13-11(7-10)9(8-18-13)6-12-15(19-20-16(12)21)14-2-1-5-22-14/h1-8H,(H2,19,20,21)/b9-6+. The van der Waals surface area contributed by atoms with Crippen molar-refractivity contribution in [1.29, 1.82) is 0 Å². The monoisotopic (exact) mass is 295 g/mol. The molecular weight excluding hydrogens is 285 g/mol. The highest BCUT2D eigenvalue weighted by Crippen LogP contribution is 2.33. The van der Waals surface area contributed by atoms with Gasteiger partial charge in [-0.2, -0.15) is 0 Å². The van der Waals surface area contributed by atoms with Crippen LogP contribution in [0.3, 0.4) is 0 Å². The number of fused-ring (bicyclic) bond motifs is 1. The van der Waals surface area contributed by atoms with Crippen molar-refractivity contribution in [3.8, 4) is 11.5 Å². The molecule has 6 heteroatoms. The zero-order valence-corrected chi connectivity index (χ0v) is 11.3. The first-order chi connectivity index (χ1) is 10.7. The van der Waals surface area contributed by atoms with E-state index in [1.807, 2.05) is 0 Å². The van der Waals surface area contributed by atoms with E-state index < -0.39 is 0 Å². The summed E-state index contributed by atoms with van der Waals surface area (Å²) < 4.78 is 18.7. The SMILES string of the molecule is O=c1[nH][nH]c(-c2ccco2)c1/C=C1\C=Nc2ccc(F)cc21. The molecule has 1 aliphatic rings. The lowest BCUT2D eigenvalue weighted by Gasteiger charge is -2.00. The average molecular weight is 295 g/mol. The largest absolute Gasteiger partial charge is 0.463 e. The summed E-state index contributed by atoms with van der Waals surface area (Å²) in [6.45, 7) is 0. The van der Waals surface area contributed by atoms with Crippen molar-refractivity contribution in [3.63, 3.8) is 0 Å². The molecule has 3 heterocycles. The minimum Gasteiger partial charge on any atom is -0.463 e. The number of hydrogen-bond acceptors (Lipinski definition) is 3. The predicted molar refractivity (Wildman–Crippen MR) is 81.5 cm³/mol. The van der Waals surface area contributed by atoms with Crippen molar-refractivity contribution >= 4 is 23.6 Å². The number of allylic oxidation sites excluding steroid dienone is 1. The van der Waals surface area contributed by atoms with Gasteiger partial charge in [0, 0.05) is 17.4 Å². The van der Waals surface area contributed by atoms with Crippen molar-refractivity contribution in [2.75, 3.05) is 0 Å². The highest BCUT2D eigenvalue weighted by molar-refractivity contribution is 6.21. The molecule has 108 valence electrons. The summed E-state index contributed by atoms with van der Waals surface area (Å²) in [4.78, 5) is 16.2. The Balaban J connectivity index is 1.87. The molecule has 0 radical (unpaired) electrons. The fraction of sp³-hybridized carbons (Fsp3) is 0. The third-order valence-corrected chi connectivity index (χ3v) is 3.49. The zero-order chi connectivity index (χ0) is 15.1. The summed E-state index contributed by atoms with van der Waals surface area (Å²) in [5.74, 6) is 0.198. The second-order valence-electron chi connectivity index (χ2n) is 4.86. The molecule has 1 aliphatic heterocycles. The first-order valence-corrected chi connectivity index (χ1v) is 6.62. The molecule has 0 aliphatic carbocycles. The van der Waals surface area contributed by atoms with Crippen LogP contribution in [-0.4, -0.2) is 16.4 Å². The van der Waals surface area contributed by atoms with Gasteiger partial charge in [-0.3, -0.25) is 20.0 Å². The van der Waals surface area contributed by atoms with Crippen LogP contribution in [0.1, 0.15) is 11.1 Å². The van der Waals surface area contributed by atoms with Gasteiger partial charge in [0.25, 0.3) is 5.56 Å². The van der Waals surface area contributed by atoms with Crippen LogP contribution in [0.2, 0.25) is 0 Å². The Bertz CT molecular complexity index is 962. The van der Waals surface area contributed by atoms with Crippen molar-refractivity contribution in [2.24, 2.45) is 4.99 Å². The molecule has 5 nitrogen and oxygen atoms in total. The first kappa shape index (κ1) is 12.6. The van der Waals surface area contributed by atoms with E-state index >= 15 is 0 Å².